The van der Waals surface area contributed by atoms with Gasteiger partial charge < -0.3 is 19.7 Å². The summed E-state index contributed by atoms with van der Waals surface area (Å²) in [6.45, 7) is 2.01. The minimum absolute atomic E-state index is 0.383. The molecule has 0 aliphatic heterocycles. The van der Waals surface area contributed by atoms with Gasteiger partial charge in [0, 0.05) is 34.2 Å². The molecule has 7 heteroatoms. The van der Waals surface area contributed by atoms with Crippen LogP contribution in [0.4, 0.5) is 0 Å². The van der Waals surface area contributed by atoms with E-state index in [0.29, 0.717) is 11.5 Å². The van der Waals surface area contributed by atoms with Crippen molar-refractivity contribution in [2.24, 2.45) is 5.73 Å². The molecule has 136 valence electrons. The molecule has 4 rings (SSSR count). The second-order valence-electron chi connectivity index (χ2n) is 6.15. The summed E-state index contributed by atoms with van der Waals surface area (Å²) in [5.41, 5.74) is 8.89. The van der Waals surface area contributed by atoms with Gasteiger partial charge in [0.05, 0.1) is 14.3 Å². The Morgan fingerprint density at radius 2 is 2.11 bits per heavy atom. The zero-order valence-electron chi connectivity index (χ0n) is 14.9. The van der Waals surface area contributed by atoms with Crippen LogP contribution < -0.4 is 16.3 Å². The number of aromatic amines is 1. The fraction of sp³-hybridized carbons (Fsp3) is 0.100. The molecule has 0 fully saturated rings. The second-order valence-corrected chi connectivity index (χ2v) is 8.07. The number of nitrogens with zero attached hydrogens (tertiary/aromatic N) is 1. The van der Waals surface area contributed by atoms with Gasteiger partial charge >= 0.3 is 0 Å². The van der Waals surface area contributed by atoms with Crippen molar-refractivity contribution in [3.8, 4) is 11.3 Å². The van der Waals surface area contributed by atoms with Crippen molar-refractivity contribution in [1.82, 2.24) is 9.97 Å². The second kappa shape index (κ2) is 6.99. The van der Waals surface area contributed by atoms with Crippen molar-refractivity contribution in [2.45, 2.75) is 6.92 Å². The van der Waals surface area contributed by atoms with E-state index < -0.39 is 14.1 Å². The molecule has 0 saturated heterocycles. The zero-order valence-corrected chi connectivity index (χ0v) is 15.8. The molecule has 27 heavy (non-hydrogen) atoms. The first-order chi connectivity index (χ1) is 13.1. The van der Waals surface area contributed by atoms with E-state index in [4.69, 9.17) is 14.7 Å². The molecular weight excluding hydrogens is 361 g/mol. The number of benzene rings is 2. The molecule has 0 spiro atoms. The molecule has 3 N–H and O–H groups in total. The van der Waals surface area contributed by atoms with Crippen LogP contribution in [0.1, 0.15) is 16.1 Å². The lowest BCUT2D eigenvalue weighted by Gasteiger charge is -2.17. The van der Waals surface area contributed by atoms with Crippen LogP contribution in [-0.4, -0.2) is 23.0 Å². The number of hydrogen-bond acceptors (Lipinski definition) is 4. The number of oxazole rings is 1. The maximum Gasteiger partial charge on any atom is 0.265 e. The summed E-state index contributed by atoms with van der Waals surface area (Å²) in [5.74, 6) is 0.169. The monoisotopic (exact) mass is 379 g/mol. The summed E-state index contributed by atoms with van der Waals surface area (Å²) in [7, 11) is 0.382. The van der Waals surface area contributed by atoms with E-state index in [1.165, 1.54) is 6.39 Å². The van der Waals surface area contributed by atoms with E-state index in [1.54, 1.807) is 13.3 Å². The molecule has 1 amide bonds. The number of nitrogens with one attached hydrogen (secondary N) is 1. The van der Waals surface area contributed by atoms with Crippen molar-refractivity contribution in [3.63, 3.8) is 0 Å². The standard InChI is InChI=1S/C20H18N3O3P/c1-12-6-7-16-15(8-12)19(18(23-16)20(21)24)27(25-2)14-5-3-4-13(9-14)17-10-22-11-26-17/h3-11,23H,1-2H3,(H2,21,24). The molecule has 2 heterocycles. The Hall–Kier alpha value is -2.95. The van der Waals surface area contributed by atoms with Crippen molar-refractivity contribution < 1.29 is 13.7 Å². The normalized spacial score (nSPS) is 12.4. The SMILES string of the molecule is COP(c1cccc(-c2cnco2)c1)c1c(C(N)=O)[nH]c2ccc(C)cc12. The van der Waals surface area contributed by atoms with E-state index in [0.717, 1.165) is 32.6 Å². The summed E-state index contributed by atoms with van der Waals surface area (Å²) in [6, 6.07) is 13.8. The number of rotatable bonds is 5. The van der Waals surface area contributed by atoms with Crippen LogP contribution in [0.3, 0.4) is 0 Å². The Morgan fingerprint density at radius 1 is 1.26 bits per heavy atom. The summed E-state index contributed by atoms with van der Waals surface area (Å²) in [4.78, 5) is 19.2. The fourth-order valence-electron chi connectivity index (χ4n) is 3.15. The Labute approximate surface area is 157 Å². The molecule has 1 atom stereocenters. The van der Waals surface area contributed by atoms with Gasteiger partial charge in [-0.05, 0) is 25.1 Å². The van der Waals surface area contributed by atoms with Crippen LogP contribution in [0.2, 0.25) is 0 Å². The van der Waals surface area contributed by atoms with E-state index in [1.807, 2.05) is 49.4 Å². The van der Waals surface area contributed by atoms with Crippen LogP contribution in [0, 0.1) is 6.92 Å². The Balaban J connectivity index is 1.91. The lowest BCUT2D eigenvalue weighted by Crippen LogP contribution is -2.23. The van der Waals surface area contributed by atoms with Gasteiger partial charge in [0.15, 0.2) is 12.2 Å². The largest absolute Gasteiger partial charge is 0.444 e. The highest BCUT2D eigenvalue weighted by atomic mass is 31.1. The lowest BCUT2D eigenvalue weighted by molar-refractivity contribution is 0.0997. The van der Waals surface area contributed by atoms with E-state index in [9.17, 15) is 4.79 Å². The average Bonchev–Trinajstić information content (AvgIpc) is 3.31. The molecule has 2 aromatic heterocycles. The van der Waals surface area contributed by atoms with E-state index >= 15 is 0 Å². The molecule has 0 bridgehead atoms. The van der Waals surface area contributed by atoms with Crippen molar-refractivity contribution in [2.75, 3.05) is 7.11 Å². The molecular formula is C20H18N3O3P. The van der Waals surface area contributed by atoms with Crippen LogP contribution in [0.15, 0.2) is 59.5 Å². The quantitative estimate of drug-likeness (QED) is 0.521. The third-order valence-corrected chi connectivity index (χ3v) is 6.34. The lowest BCUT2D eigenvalue weighted by atomic mass is 10.2. The fourth-order valence-corrected chi connectivity index (χ4v) is 5.05. The van der Waals surface area contributed by atoms with Gasteiger partial charge in [-0.3, -0.25) is 4.79 Å². The minimum atomic E-state index is -1.26. The molecule has 6 nitrogen and oxygen atoms in total. The van der Waals surface area contributed by atoms with E-state index in [2.05, 4.69) is 9.97 Å². The van der Waals surface area contributed by atoms with Gasteiger partial charge in [0.2, 0.25) is 0 Å². The third kappa shape index (κ3) is 3.14. The molecule has 2 aromatic carbocycles. The number of aromatic nitrogens is 2. The minimum Gasteiger partial charge on any atom is -0.444 e. The maximum atomic E-state index is 12.1. The highest BCUT2D eigenvalue weighted by Gasteiger charge is 2.26. The summed E-state index contributed by atoms with van der Waals surface area (Å²) in [6.07, 6.45) is 3.06. The molecule has 1 unspecified atom stereocenters. The molecule has 4 aromatic rings. The average molecular weight is 379 g/mol. The number of aryl methyl sites for hydroxylation is 1. The number of nitrogens with two attached hydrogens (primary N) is 1. The summed E-state index contributed by atoms with van der Waals surface area (Å²) in [5, 5.41) is 2.70. The van der Waals surface area contributed by atoms with Crippen molar-refractivity contribution >= 4 is 35.6 Å². The van der Waals surface area contributed by atoms with E-state index in [-0.39, 0.29) is 0 Å². The van der Waals surface area contributed by atoms with Crippen molar-refractivity contribution in [1.29, 1.82) is 0 Å². The zero-order chi connectivity index (χ0) is 19.0. The summed E-state index contributed by atoms with van der Waals surface area (Å²) >= 11 is 0. The summed E-state index contributed by atoms with van der Waals surface area (Å²) < 4.78 is 11.3. The van der Waals surface area contributed by atoms with Crippen LogP contribution in [0.25, 0.3) is 22.2 Å². The maximum absolute atomic E-state index is 12.1. The predicted octanol–water partition coefficient (Wildman–Crippen LogP) is 3.22. The predicted molar refractivity (Wildman–Crippen MR) is 107 cm³/mol. The number of carbonyl (C=O) groups excluding carboxylic acids is 1. The Morgan fingerprint density at radius 3 is 2.81 bits per heavy atom. The Kier molecular flexibility index (Phi) is 4.52. The van der Waals surface area contributed by atoms with Crippen LogP contribution in [-0.2, 0) is 4.52 Å². The number of amides is 1. The van der Waals surface area contributed by atoms with Gasteiger partial charge in [0.25, 0.3) is 5.91 Å². The van der Waals surface area contributed by atoms with Gasteiger partial charge in [-0.2, -0.15) is 0 Å². The highest BCUT2D eigenvalue weighted by molar-refractivity contribution is 7.69. The first-order valence-corrected chi connectivity index (χ1v) is 9.59. The number of fused-ring (bicyclic) bond motifs is 1. The molecule has 0 aliphatic carbocycles. The van der Waals surface area contributed by atoms with Gasteiger partial charge in [-0.25, -0.2) is 4.98 Å². The molecule has 0 radical (unpaired) electrons. The van der Waals surface area contributed by atoms with Gasteiger partial charge in [-0.1, -0.05) is 29.8 Å². The van der Waals surface area contributed by atoms with Crippen LogP contribution >= 0.6 is 8.15 Å². The highest BCUT2D eigenvalue weighted by Crippen LogP contribution is 2.39. The third-order valence-electron chi connectivity index (χ3n) is 4.36. The number of carbonyl (C=O) groups is 1. The van der Waals surface area contributed by atoms with Gasteiger partial charge in [-0.15, -0.1) is 0 Å². The number of hydrogen-bond donors (Lipinski definition) is 2. The molecule has 0 saturated carbocycles. The smallest absolute Gasteiger partial charge is 0.265 e. The number of H-pyrrole nitrogens is 1. The van der Waals surface area contributed by atoms with Crippen molar-refractivity contribution in [3.05, 3.63) is 66.3 Å². The Bertz CT molecular complexity index is 1120. The van der Waals surface area contributed by atoms with Crippen LogP contribution in [0.5, 0.6) is 0 Å². The first kappa shape index (κ1) is 17.5. The topological polar surface area (TPSA) is 94.1 Å². The molecule has 0 aliphatic rings. The van der Waals surface area contributed by atoms with Gasteiger partial charge in [0.1, 0.15) is 5.69 Å². The first-order valence-electron chi connectivity index (χ1n) is 8.34. The number of primary amides is 1.